The second-order valence-corrected chi connectivity index (χ2v) is 5.54. The van der Waals surface area contributed by atoms with Crippen LogP contribution in [0.25, 0.3) is 0 Å². The number of anilines is 1. The van der Waals surface area contributed by atoms with Gasteiger partial charge in [-0.2, -0.15) is 0 Å². The number of carbonyl (C=O) groups is 2. The van der Waals surface area contributed by atoms with Gasteiger partial charge in [0, 0.05) is 11.3 Å². The Morgan fingerprint density at radius 1 is 1.08 bits per heavy atom. The monoisotopic (exact) mass is 358 g/mol. The van der Waals surface area contributed by atoms with Gasteiger partial charge in [-0.25, -0.2) is 0 Å². The first-order valence-electron chi connectivity index (χ1n) is 7.64. The number of nitrogens with one attached hydrogen (secondary N) is 2. The van der Waals surface area contributed by atoms with Crippen molar-refractivity contribution in [3.05, 3.63) is 59.7 Å². The van der Waals surface area contributed by atoms with E-state index in [9.17, 15) is 9.59 Å². The molecule has 0 unspecified atom stereocenters. The van der Waals surface area contributed by atoms with E-state index < -0.39 is 5.97 Å². The molecule has 1 amide bonds. The highest BCUT2D eigenvalue weighted by molar-refractivity contribution is 7.80. The SMILES string of the molecule is CCOc1ccc(C(=O)NC(=S)Nc2ccc(CC(=O)O)cc2)cc1. The number of ether oxygens (including phenoxy) is 1. The van der Waals surface area contributed by atoms with Crippen LogP contribution in [0.5, 0.6) is 5.75 Å². The summed E-state index contributed by atoms with van der Waals surface area (Å²) in [5.41, 5.74) is 1.80. The fourth-order valence-electron chi connectivity index (χ4n) is 2.09. The number of carboxylic acids is 1. The van der Waals surface area contributed by atoms with Crippen LogP contribution >= 0.6 is 12.2 Å². The van der Waals surface area contributed by atoms with Crippen LogP contribution in [0.3, 0.4) is 0 Å². The highest BCUT2D eigenvalue weighted by Gasteiger charge is 2.08. The summed E-state index contributed by atoms with van der Waals surface area (Å²) in [6.07, 6.45) is -0.0425. The molecule has 7 heteroatoms. The Hall–Kier alpha value is -2.93. The van der Waals surface area contributed by atoms with Gasteiger partial charge in [0.15, 0.2) is 5.11 Å². The summed E-state index contributed by atoms with van der Waals surface area (Å²) in [5.74, 6) is -0.525. The number of aliphatic carboxylic acids is 1. The zero-order valence-corrected chi connectivity index (χ0v) is 14.4. The third kappa shape index (κ3) is 5.89. The molecule has 0 aromatic heterocycles. The molecule has 0 bridgehead atoms. The van der Waals surface area contributed by atoms with Gasteiger partial charge in [0.1, 0.15) is 5.75 Å². The molecule has 0 aliphatic rings. The van der Waals surface area contributed by atoms with Crippen LogP contribution in [0.2, 0.25) is 0 Å². The molecule has 3 N–H and O–H groups in total. The fraction of sp³-hybridized carbons (Fsp3) is 0.167. The predicted octanol–water partition coefficient (Wildman–Crippen LogP) is 2.84. The summed E-state index contributed by atoms with van der Waals surface area (Å²) < 4.78 is 5.33. The summed E-state index contributed by atoms with van der Waals surface area (Å²) in [7, 11) is 0. The fourth-order valence-corrected chi connectivity index (χ4v) is 2.30. The number of thiocarbonyl (C=S) groups is 1. The Balaban J connectivity index is 1.90. The van der Waals surface area contributed by atoms with Crippen LogP contribution in [0.15, 0.2) is 48.5 Å². The lowest BCUT2D eigenvalue weighted by atomic mass is 10.1. The number of benzene rings is 2. The maximum absolute atomic E-state index is 12.1. The molecule has 0 aliphatic carbocycles. The average molecular weight is 358 g/mol. The molecule has 2 aromatic rings. The van der Waals surface area contributed by atoms with Crippen LogP contribution in [-0.2, 0) is 11.2 Å². The summed E-state index contributed by atoms with van der Waals surface area (Å²) in [6.45, 7) is 2.45. The normalized spacial score (nSPS) is 9.96. The highest BCUT2D eigenvalue weighted by atomic mass is 32.1. The van der Waals surface area contributed by atoms with Crippen LogP contribution in [0.1, 0.15) is 22.8 Å². The zero-order valence-electron chi connectivity index (χ0n) is 13.6. The molecule has 0 atom stereocenters. The van der Waals surface area contributed by atoms with Crippen LogP contribution in [-0.4, -0.2) is 28.7 Å². The van der Waals surface area contributed by atoms with E-state index in [1.807, 2.05) is 6.92 Å². The van der Waals surface area contributed by atoms with Crippen molar-refractivity contribution in [3.8, 4) is 5.75 Å². The van der Waals surface area contributed by atoms with Gasteiger partial charge in [-0.3, -0.25) is 14.9 Å². The van der Waals surface area contributed by atoms with Gasteiger partial charge in [-0.1, -0.05) is 12.1 Å². The van der Waals surface area contributed by atoms with Crippen molar-refractivity contribution < 1.29 is 19.4 Å². The standard InChI is InChI=1S/C18H18N2O4S/c1-2-24-15-9-5-13(6-10-15)17(23)20-18(25)19-14-7-3-12(4-8-14)11-16(21)22/h3-10H,2,11H2,1H3,(H,21,22)(H2,19,20,23,25). The van der Waals surface area contributed by atoms with Crippen molar-refractivity contribution in [1.82, 2.24) is 5.32 Å². The molecule has 0 saturated heterocycles. The Bertz CT molecular complexity index is 758. The van der Waals surface area contributed by atoms with E-state index in [0.29, 0.717) is 29.2 Å². The van der Waals surface area contributed by atoms with Gasteiger partial charge in [-0.15, -0.1) is 0 Å². The molecule has 130 valence electrons. The molecule has 2 aromatic carbocycles. The molecule has 0 spiro atoms. The largest absolute Gasteiger partial charge is 0.494 e. The molecule has 0 saturated carbocycles. The van der Waals surface area contributed by atoms with Crippen molar-refractivity contribution in [2.24, 2.45) is 0 Å². The average Bonchev–Trinajstić information content (AvgIpc) is 2.57. The van der Waals surface area contributed by atoms with E-state index >= 15 is 0 Å². The number of amides is 1. The van der Waals surface area contributed by atoms with Crippen molar-refractivity contribution in [3.63, 3.8) is 0 Å². The molecule has 2 rings (SSSR count). The molecule has 25 heavy (non-hydrogen) atoms. The number of hydrogen-bond donors (Lipinski definition) is 3. The minimum Gasteiger partial charge on any atom is -0.494 e. The third-order valence-corrected chi connectivity index (χ3v) is 3.43. The van der Waals surface area contributed by atoms with Gasteiger partial charge in [0.2, 0.25) is 0 Å². The van der Waals surface area contributed by atoms with Crippen molar-refractivity contribution in [2.45, 2.75) is 13.3 Å². The topological polar surface area (TPSA) is 87.7 Å². The minimum absolute atomic E-state index is 0.0425. The van der Waals surface area contributed by atoms with Gasteiger partial charge >= 0.3 is 5.97 Å². The molecule has 6 nitrogen and oxygen atoms in total. The Labute approximate surface area is 150 Å². The Morgan fingerprint density at radius 3 is 2.28 bits per heavy atom. The number of hydrogen-bond acceptors (Lipinski definition) is 4. The van der Waals surface area contributed by atoms with Gasteiger partial charge in [0.25, 0.3) is 5.91 Å². The quantitative estimate of drug-likeness (QED) is 0.688. The van der Waals surface area contributed by atoms with E-state index in [4.69, 9.17) is 22.1 Å². The second kappa shape index (κ2) is 8.79. The maximum atomic E-state index is 12.1. The highest BCUT2D eigenvalue weighted by Crippen LogP contribution is 2.13. The van der Waals surface area contributed by atoms with Crippen molar-refractivity contribution >= 4 is 34.9 Å². The van der Waals surface area contributed by atoms with Crippen molar-refractivity contribution in [2.75, 3.05) is 11.9 Å². The minimum atomic E-state index is -0.890. The van der Waals surface area contributed by atoms with Crippen molar-refractivity contribution in [1.29, 1.82) is 0 Å². The molecule has 0 radical (unpaired) electrons. The lowest BCUT2D eigenvalue weighted by Crippen LogP contribution is -2.34. The van der Waals surface area contributed by atoms with E-state index in [2.05, 4.69) is 10.6 Å². The van der Waals surface area contributed by atoms with E-state index in [1.165, 1.54) is 0 Å². The summed E-state index contributed by atoms with van der Waals surface area (Å²) >= 11 is 5.12. The summed E-state index contributed by atoms with van der Waals surface area (Å²) in [6, 6.07) is 13.5. The molecular formula is C18H18N2O4S. The summed E-state index contributed by atoms with van der Waals surface area (Å²) in [4.78, 5) is 22.8. The first-order valence-corrected chi connectivity index (χ1v) is 8.04. The number of rotatable bonds is 6. The second-order valence-electron chi connectivity index (χ2n) is 5.13. The lowest BCUT2D eigenvalue weighted by molar-refractivity contribution is -0.136. The molecule has 0 heterocycles. The van der Waals surface area contributed by atoms with Crippen LogP contribution in [0, 0.1) is 0 Å². The van der Waals surface area contributed by atoms with E-state index in [-0.39, 0.29) is 17.4 Å². The lowest BCUT2D eigenvalue weighted by Gasteiger charge is -2.10. The Kier molecular flexibility index (Phi) is 6.47. The van der Waals surface area contributed by atoms with E-state index in [0.717, 1.165) is 0 Å². The first kappa shape index (κ1) is 18.4. The number of carboxylic acid groups (broad SMARTS) is 1. The van der Waals surface area contributed by atoms with Gasteiger partial charge in [-0.05, 0) is 61.1 Å². The molecule has 0 aliphatic heterocycles. The zero-order chi connectivity index (χ0) is 18.2. The van der Waals surface area contributed by atoms with Crippen LogP contribution in [0.4, 0.5) is 5.69 Å². The third-order valence-electron chi connectivity index (χ3n) is 3.22. The molecule has 0 fully saturated rings. The van der Waals surface area contributed by atoms with Gasteiger partial charge in [0.05, 0.1) is 13.0 Å². The summed E-state index contributed by atoms with van der Waals surface area (Å²) in [5, 5.41) is 14.4. The van der Waals surface area contributed by atoms with Crippen LogP contribution < -0.4 is 15.4 Å². The van der Waals surface area contributed by atoms with Gasteiger partial charge < -0.3 is 15.2 Å². The number of carbonyl (C=O) groups excluding carboxylic acids is 1. The molecular weight excluding hydrogens is 340 g/mol. The maximum Gasteiger partial charge on any atom is 0.307 e. The first-order chi connectivity index (χ1) is 12.0. The Morgan fingerprint density at radius 2 is 1.72 bits per heavy atom. The predicted molar refractivity (Wildman–Crippen MR) is 99.1 cm³/mol. The van der Waals surface area contributed by atoms with E-state index in [1.54, 1.807) is 48.5 Å². The smallest absolute Gasteiger partial charge is 0.307 e.